The van der Waals surface area contributed by atoms with E-state index in [1.165, 1.54) is 128 Å². The van der Waals surface area contributed by atoms with Crippen LogP contribution in [0.2, 0.25) is 0 Å². The minimum atomic E-state index is -1.63. The van der Waals surface area contributed by atoms with Crippen LogP contribution < -0.4 is 5.32 Å². The highest BCUT2D eigenvalue weighted by Gasteiger charge is 2.47. The number of allylic oxidation sites excluding steroid dienone is 17. The molecule has 87 heavy (non-hydrogen) atoms. The van der Waals surface area contributed by atoms with E-state index in [4.69, 9.17) is 14.2 Å². The van der Waals surface area contributed by atoms with E-state index in [-0.39, 0.29) is 19.4 Å². The largest absolute Gasteiger partial charge is 0.454 e. The van der Waals surface area contributed by atoms with Gasteiger partial charge < -0.3 is 45.1 Å². The first-order chi connectivity index (χ1) is 42.7. The van der Waals surface area contributed by atoms with Crippen LogP contribution in [-0.2, 0) is 23.8 Å². The molecule has 1 amide bonds. The molecule has 0 aromatic heterocycles. The number of ether oxygens (including phenoxy) is 3. The molecule has 6 N–H and O–H groups in total. The van der Waals surface area contributed by atoms with Gasteiger partial charge in [-0.15, -0.1) is 0 Å². The SMILES string of the molecule is CC/C=C\C/C=C\C/C=C\C/C=C\C/C=C\C/C=C\CCCCCCCCC(=O)OC1C(OCC(NC(=O)C(O)CCCCCCCCCCCCCC/C=C\C/C=C\CCCCC)C(O)/C=C/CCCCCCCCCCC)OC(CO)C(O)C1O. The van der Waals surface area contributed by atoms with Crippen LogP contribution in [0.5, 0.6) is 0 Å². The molecule has 0 radical (unpaired) electrons. The second-order valence-corrected chi connectivity index (χ2v) is 24.2. The van der Waals surface area contributed by atoms with E-state index in [1.807, 2.05) is 6.08 Å². The van der Waals surface area contributed by atoms with E-state index < -0.39 is 67.4 Å². The van der Waals surface area contributed by atoms with Gasteiger partial charge in [0.05, 0.1) is 25.4 Å². The highest BCUT2D eigenvalue weighted by molar-refractivity contribution is 5.80. The van der Waals surface area contributed by atoms with Gasteiger partial charge >= 0.3 is 5.97 Å². The topological polar surface area (TPSA) is 175 Å². The zero-order chi connectivity index (χ0) is 63.1. The van der Waals surface area contributed by atoms with E-state index in [9.17, 15) is 35.1 Å². The number of aliphatic hydroxyl groups excluding tert-OH is 5. The molecule has 11 nitrogen and oxygen atoms in total. The van der Waals surface area contributed by atoms with Crippen molar-refractivity contribution in [3.63, 3.8) is 0 Å². The van der Waals surface area contributed by atoms with Crippen molar-refractivity contribution in [3.05, 3.63) is 109 Å². The molecule has 0 aromatic carbocycles. The zero-order valence-electron chi connectivity index (χ0n) is 55.6. The highest BCUT2D eigenvalue weighted by atomic mass is 16.7. The minimum Gasteiger partial charge on any atom is -0.454 e. The molecule has 1 rings (SSSR count). The van der Waals surface area contributed by atoms with Crippen LogP contribution in [0.3, 0.4) is 0 Å². The van der Waals surface area contributed by atoms with Crippen LogP contribution in [0.1, 0.15) is 297 Å². The Balaban J connectivity index is 2.57. The zero-order valence-corrected chi connectivity index (χ0v) is 55.6. The monoisotopic (exact) mass is 1220 g/mol. The van der Waals surface area contributed by atoms with Crippen molar-refractivity contribution >= 4 is 11.9 Å². The normalized spacial score (nSPS) is 18.9. The predicted molar refractivity (Wildman–Crippen MR) is 365 cm³/mol. The summed E-state index contributed by atoms with van der Waals surface area (Å²) >= 11 is 0. The van der Waals surface area contributed by atoms with Crippen LogP contribution in [0.25, 0.3) is 0 Å². The number of aliphatic hydroxyl groups is 5. The van der Waals surface area contributed by atoms with Crippen LogP contribution >= 0.6 is 0 Å². The summed E-state index contributed by atoms with van der Waals surface area (Å²) in [7, 11) is 0. The molecular weight excluding hydrogens is 1090 g/mol. The quantitative estimate of drug-likeness (QED) is 0.0195. The number of esters is 1. The summed E-state index contributed by atoms with van der Waals surface area (Å²) in [5, 5.41) is 57.2. The summed E-state index contributed by atoms with van der Waals surface area (Å²) in [6.45, 7) is 5.66. The fraction of sp³-hybridized carbons (Fsp3) is 0.737. The highest BCUT2D eigenvalue weighted by Crippen LogP contribution is 2.26. The lowest BCUT2D eigenvalue weighted by atomic mass is 9.99. The molecule has 1 aliphatic heterocycles. The first kappa shape index (κ1) is 81.3. The third kappa shape index (κ3) is 49.7. The average Bonchev–Trinajstić information content (AvgIpc) is 3.12. The number of hydrogen-bond donors (Lipinski definition) is 6. The van der Waals surface area contributed by atoms with Gasteiger partial charge in [0.2, 0.25) is 5.91 Å². The first-order valence-electron chi connectivity index (χ1n) is 35.7. The van der Waals surface area contributed by atoms with Gasteiger partial charge in [0.15, 0.2) is 12.4 Å². The fourth-order valence-corrected chi connectivity index (χ4v) is 10.6. The Morgan fingerprint density at radius 2 is 0.828 bits per heavy atom. The third-order valence-electron chi connectivity index (χ3n) is 16.2. The number of carbonyl (C=O) groups is 2. The average molecular weight is 1220 g/mol. The maximum atomic E-state index is 13.5. The lowest BCUT2D eigenvalue weighted by Crippen LogP contribution is -2.61. The van der Waals surface area contributed by atoms with Gasteiger partial charge in [-0.25, -0.2) is 0 Å². The van der Waals surface area contributed by atoms with Crippen LogP contribution in [-0.4, -0.2) is 99.6 Å². The Labute approximate surface area is 532 Å². The van der Waals surface area contributed by atoms with Gasteiger partial charge in [-0.05, 0) is 109 Å². The molecule has 1 aliphatic rings. The van der Waals surface area contributed by atoms with Gasteiger partial charge in [0, 0.05) is 6.42 Å². The molecular formula is C76H131NO10. The van der Waals surface area contributed by atoms with Crippen LogP contribution in [0, 0.1) is 0 Å². The van der Waals surface area contributed by atoms with Crippen molar-refractivity contribution in [1.82, 2.24) is 5.32 Å². The van der Waals surface area contributed by atoms with Crippen molar-refractivity contribution in [1.29, 1.82) is 0 Å². The number of carbonyl (C=O) groups excluding carboxylic acids is 2. The number of rotatable bonds is 60. The smallest absolute Gasteiger partial charge is 0.306 e. The molecule has 1 heterocycles. The number of nitrogens with one attached hydrogen (secondary N) is 1. The van der Waals surface area contributed by atoms with Crippen molar-refractivity contribution in [2.45, 2.75) is 346 Å². The van der Waals surface area contributed by atoms with Crippen molar-refractivity contribution < 1.29 is 49.3 Å². The summed E-state index contributed by atoms with van der Waals surface area (Å²) in [6.07, 6.45) is 75.5. The maximum Gasteiger partial charge on any atom is 0.306 e. The van der Waals surface area contributed by atoms with Gasteiger partial charge in [-0.3, -0.25) is 9.59 Å². The number of unbranched alkanes of at least 4 members (excludes halogenated alkanes) is 30. The van der Waals surface area contributed by atoms with Gasteiger partial charge in [-0.2, -0.15) is 0 Å². The molecule has 8 unspecified atom stereocenters. The molecule has 500 valence electrons. The van der Waals surface area contributed by atoms with Crippen molar-refractivity contribution in [3.8, 4) is 0 Å². The Morgan fingerprint density at radius 1 is 0.460 bits per heavy atom. The lowest BCUT2D eigenvalue weighted by Gasteiger charge is -2.41. The molecule has 11 heteroatoms. The second kappa shape index (κ2) is 62.5. The summed E-state index contributed by atoms with van der Waals surface area (Å²) < 4.78 is 17.7. The molecule has 0 bridgehead atoms. The van der Waals surface area contributed by atoms with E-state index in [2.05, 4.69) is 123 Å². The summed E-state index contributed by atoms with van der Waals surface area (Å²) in [5.74, 6) is -1.21. The summed E-state index contributed by atoms with van der Waals surface area (Å²) in [5.41, 5.74) is 0. The maximum absolute atomic E-state index is 13.5. The van der Waals surface area contributed by atoms with Crippen molar-refractivity contribution in [2.75, 3.05) is 13.2 Å². The molecule has 8 atom stereocenters. The van der Waals surface area contributed by atoms with Crippen molar-refractivity contribution in [2.24, 2.45) is 0 Å². The molecule has 0 aliphatic carbocycles. The molecule has 0 aromatic rings. The van der Waals surface area contributed by atoms with Gasteiger partial charge in [-0.1, -0.05) is 291 Å². The van der Waals surface area contributed by atoms with Crippen LogP contribution in [0.15, 0.2) is 109 Å². The predicted octanol–water partition coefficient (Wildman–Crippen LogP) is 18.4. The molecule has 1 saturated heterocycles. The second-order valence-electron chi connectivity index (χ2n) is 24.2. The number of hydrogen-bond acceptors (Lipinski definition) is 10. The fourth-order valence-electron chi connectivity index (χ4n) is 10.6. The molecule has 0 spiro atoms. The molecule has 0 saturated carbocycles. The van der Waals surface area contributed by atoms with E-state index in [0.717, 1.165) is 122 Å². The third-order valence-corrected chi connectivity index (χ3v) is 16.2. The Bertz CT molecular complexity index is 1830. The Hall–Kier alpha value is -3.68. The Morgan fingerprint density at radius 3 is 1.26 bits per heavy atom. The van der Waals surface area contributed by atoms with Gasteiger partial charge in [0.1, 0.15) is 24.4 Å². The minimum absolute atomic E-state index is 0.101. The van der Waals surface area contributed by atoms with E-state index in [0.29, 0.717) is 12.8 Å². The first-order valence-corrected chi connectivity index (χ1v) is 35.7. The number of amides is 1. The van der Waals surface area contributed by atoms with E-state index >= 15 is 0 Å². The lowest BCUT2D eigenvalue weighted by molar-refractivity contribution is -0.305. The summed E-state index contributed by atoms with van der Waals surface area (Å²) in [6, 6.07) is -1.03. The van der Waals surface area contributed by atoms with Crippen LogP contribution in [0.4, 0.5) is 0 Å². The van der Waals surface area contributed by atoms with Gasteiger partial charge in [0.25, 0.3) is 0 Å². The molecule has 1 fully saturated rings. The Kier molecular flexibility index (Phi) is 58.4. The summed E-state index contributed by atoms with van der Waals surface area (Å²) in [4.78, 5) is 26.7. The van der Waals surface area contributed by atoms with E-state index in [1.54, 1.807) is 6.08 Å². The standard InChI is InChI=1S/C76H131NO10/c1-4-7-10-13-16-19-22-24-26-28-30-32-34-35-36-38-40-42-44-46-49-52-55-58-61-64-71(81)87-74-73(83)72(82)70(65-78)86-76(74)85-66-67(68(79)62-59-56-53-50-47-21-18-15-12-9-6-3)77-75(84)69(80)63-60-57-54-51-48-45-43-41-39-37-33-31-29-27-25-23-20-17-14-11-8-5-2/h7,10,16-17,19-20,24-27,30,32,35-36,40,42,59,62,67-70,72-74,76,78-80,82-83H,4-6,8-9,11-15,18,21-23,28-29,31,33-34,37-39,41,43-58,60-61,63-66H2,1-3H3,(H,77,84)/b10-7-,19-16-,20-17-,26-24-,27-25-,32-30-,36-35-,42-40-,62-59+.